The molecule has 0 spiro atoms. The molecule has 2 saturated carbocycles. The summed E-state index contributed by atoms with van der Waals surface area (Å²) in [6, 6.07) is 0.200. The van der Waals surface area contributed by atoms with Gasteiger partial charge in [-0.3, -0.25) is 14.5 Å². The summed E-state index contributed by atoms with van der Waals surface area (Å²) in [7, 11) is 1.70. The SMILES string of the molecule is CC(C(=O)O)N(C)CC(=O)N(C1CCCC1)C1CC1.Cl. The van der Waals surface area contributed by atoms with Gasteiger partial charge in [0.2, 0.25) is 5.91 Å². The van der Waals surface area contributed by atoms with Crippen molar-refractivity contribution in [2.24, 2.45) is 0 Å². The molecule has 2 aliphatic carbocycles. The minimum atomic E-state index is -0.880. The van der Waals surface area contributed by atoms with E-state index in [0.29, 0.717) is 12.1 Å². The number of carbonyl (C=O) groups excluding carboxylic acids is 1. The Kier molecular flexibility index (Phi) is 6.27. The Morgan fingerprint density at radius 1 is 1.15 bits per heavy atom. The highest BCUT2D eigenvalue weighted by Crippen LogP contribution is 2.34. The van der Waals surface area contributed by atoms with E-state index in [4.69, 9.17) is 5.11 Å². The van der Waals surface area contributed by atoms with Crippen LogP contribution < -0.4 is 0 Å². The van der Waals surface area contributed by atoms with Crippen LogP contribution in [0.1, 0.15) is 45.4 Å². The quantitative estimate of drug-likeness (QED) is 0.812. The summed E-state index contributed by atoms with van der Waals surface area (Å²) in [6.45, 7) is 1.83. The second-order valence-corrected chi connectivity index (χ2v) is 5.90. The van der Waals surface area contributed by atoms with E-state index in [9.17, 15) is 9.59 Å². The lowest BCUT2D eigenvalue weighted by Gasteiger charge is -2.31. The van der Waals surface area contributed by atoms with Crippen molar-refractivity contribution in [3.8, 4) is 0 Å². The first-order chi connectivity index (χ1) is 9.00. The van der Waals surface area contributed by atoms with Crippen LogP contribution in [0.2, 0.25) is 0 Å². The fourth-order valence-corrected chi connectivity index (χ4v) is 2.86. The van der Waals surface area contributed by atoms with Crippen LogP contribution in [0.15, 0.2) is 0 Å². The lowest BCUT2D eigenvalue weighted by Crippen LogP contribution is -2.48. The third-order valence-electron chi connectivity index (χ3n) is 4.35. The van der Waals surface area contributed by atoms with E-state index in [-0.39, 0.29) is 24.9 Å². The zero-order valence-corrected chi connectivity index (χ0v) is 13.1. The van der Waals surface area contributed by atoms with Gasteiger partial charge in [-0.2, -0.15) is 0 Å². The van der Waals surface area contributed by atoms with Gasteiger partial charge in [0.1, 0.15) is 6.04 Å². The molecule has 1 atom stereocenters. The van der Waals surface area contributed by atoms with Gasteiger partial charge in [-0.15, -0.1) is 12.4 Å². The van der Waals surface area contributed by atoms with Crippen molar-refractivity contribution < 1.29 is 14.7 Å². The van der Waals surface area contributed by atoms with Gasteiger partial charge < -0.3 is 10.0 Å². The number of carboxylic acid groups (broad SMARTS) is 1. The van der Waals surface area contributed by atoms with Crippen LogP contribution in [0.3, 0.4) is 0 Å². The molecule has 0 heterocycles. The molecule has 2 rings (SSSR count). The topological polar surface area (TPSA) is 60.9 Å². The number of hydrogen-bond donors (Lipinski definition) is 1. The van der Waals surface area contributed by atoms with Crippen LogP contribution >= 0.6 is 12.4 Å². The maximum absolute atomic E-state index is 12.4. The van der Waals surface area contributed by atoms with Crippen molar-refractivity contribution in [1.82, 2.24) is 9.80 Å². The molecule has 5 nitrogen and oxygen atoms in total. The second-order valence-electron chi connectivity index (χ2n) is 5.90. The number of likely N-dealkylation sites (N-methyl/N-ethyl adjacent to an activating group) is 1. The third kappa shape index (κ3) is 4.09. The van der Waals surface area contributed by atoms with Crippen molar-refractivity contribution in [3.05, 3.63) is 0 Å². The molecule has 1 unspecified atom stereocenters. The highest BCUT2D eigenvalue weighted by atomic mass is 35.5. The molecule has 116 valence electrons. The van der Waals surface area contributed by atoms with E-state index in [0.717, 1.165) is 25.7 Å². The van der Waals surface area contributed by atoms with Crippen LogP contribution in [0, 0.1) is 0 Å². The van der Waals surface area contributed by atoms with Gasteiger partial charge in [0.15, 0.2) is 0 Å². The van der Waals surface area contributed by atoms with Crippen molar-refractivity contribution in [2.75, 3.05) is 13.6 Å². The predicted octanol–water partition coefficient (Wildman–Crippen LogP) is 1.75. The van der Waals surface area contributed by atoms with E-state index in [2.05, 4.69) is 4.90 Å². The summed E-state index contributed by atoms with van der Waals surface area (Å²) in [6.07, 6.45) is 6.87. The fraction of sp³-hybridized carbons (Fsp3) is 0.857. The normalized spacial score (nSPS) is 20.6. The molecular formula is C14H25ClN2O3. The highest BCUT2D eigenvalue weighted by Gasteiger charge is 2.38. The number of halogens is 1. The van der Waals surface area contributed by atoms with Gasteiger partial charge in [-0.25, -0.2) is 0 Å². The maximum atomic E-state index is 12.4. The number of carboxylic acids is 1. The zero-order chi connectivity index (χ0) is 14.0. The van der Waals surface area contributed by atoms with Crippen LogP contribution in [0.4, 0.5) is 0 Å². The van der Waals surface area contributed by atoms with Crippen LogP contribution in [0.25, 0.3) is 0 Å². The largest absolute Gasteiger partial charge is 0.480 e. The van der Waals surface area contributed by atoms with Crippen molar-refractivity contribution in [1.29, 1.82) is 0 Å². The number of aliphatic carboxylic acids is 1. The van der Waals surface area contributed by atoms with Crippen LogP contribution in [0.5, 0.6) is 0 Å². The molecule has 0 aromatic rings. The summed E-state index contributed by atoms with van der Waals surface area (Å²) in [5, 5.41) is 8.97. The molecule has 2 aliphatic rings. The first-order valence-corrected chi connectivity index (χ1v) is 7.25. The zero-order valence-electron chi connectivity index (χ0n) is 12.2. The second kappa shape index (κ2) is 7.27. The third-order valence-corrected chi connectivity index (χ3v) is 4.35. The van der Waals surface area contributed by atoms with E-state index in [1.54, 1.807) is 18.9 Å². The molecule has 20 heavy (non-hydrogen) atoms. The first-order valence-electron chi connectivity index (χ1n) is 7.25. The number of nitrogens with zero attached hydrogens (tertiary/aromatic N) is 2. The van der Waals surface area contributed by atoms with E-state index < -0.39 is 12.0 Å². The van der Waals surface area contributed by atoms with Crippen LogP contribution in [-0.4, -0.2) is 58.5 Å². The average molecular weight is 305 g/mol. The maximum Gasteiger partial charge on any atom is 0.320 e. The summed E-state index contributed by atoms with van der Waals surface area (Å²) >= 11 is 0. The van der Waals surface area contributed by atoms with E-state index in [1.165, 1.54) is 12.8 Å². The molecule has 0 radical (unpaired) electrons. The van der Waals surface area contributed by atoms with Crippen molar-refractivity contribution in [2.45, 2.75) is 63.6 Å². The molecule has 0 saturated heterocycles. The number of amides is 1. The smallest absolute Gasteiger partial charge is 0.320 e. The van der Waals surface area contributed by atoms with Gasteiger partial charge in [-0.05, 0) is 39.7 Å². The Morgan fingerprint density at radius 3 is 2.10 bits per heavy atom. The van der Waals surface area contributed by atoms with Gasteiger partial charge >= 0.3 is 5.97 Å². The van der Waals surface area contributed by atoms with Crippen molar-refractivity contribution >= 4 is 24.3 Å². The highest BCUT2D eigenvalue weighted by molar-refractivity contribution is 5.85. The fourth-order valence-electron chi connectivity index (χ4n) is 2.86. The molecule has 2 fully saturated rings. The van der Waals surface area contributed by atoms with Crippen LogP contribution in [-0.2, 0) is 9.59 Å². The number of rotatable bonds is 6. The Hall–Kier alpha value is -0.810. The Morgan fingerprint density at radius 2 is 1.65 bits per heavy atom. The molecule has 1 N–H and O–H groups in total. The first kappa shape index (κ1) is 17.2. The lowest BCUT2D eigenvalue weighted by atomic mass is 10.2. The summed E-state index contributed by atoms with van der Waals surface area (Å²) in [5.41, 5.74) is 0. The minimum Gasteiger partial charge on any atom is -0.480 e. The monoisotopic (exact) mass is 304 g/mol. The lowest BCUT2D eigenvalue weighted by molar-refractivity contribution is -0.144. The summed E-state index contributed by atoms with van der Waals surface area (Å²) < 4.78 is 0. The Labute approximate surface area is 126 Å². The predicted molar refractivity (Wildman–Crippen MR) is 79.1 cm³/mol. The molecule has 0 aromatic heterocycles. The Balaban J connectivity index is 0.00000200. The van der Waals surface area contributed by atoms with Gasteiger partial charge in [0, 0.05) is 12.1 Å². The average Bonchev–Trinajstić information content (AvgIpc) is 3.03. The van der Waals surface area contributed by atoms with Gasteiger partial charge in [0.05, 0.1) is 6.54 Å². The molecule has 0 bridgehead atoms. The van der Waals surface area contributed by atoms with E-state index >= 15 is 0 Å². The number of hydrogen-bond acceptors (Lipinski definition) is 3. The molecule has 0 aromatic carbocycles. The molecular weight excluding hydrogens is 280 g/mol. The van der Waals surface area contributed by atoms with Gasteiger partial charge in [0.25, 0.3) is 0 Å². The molecule has 6 heteroatoms. The van der Waals surface area contributed by atoms with Crippen molar-refractivity contribution in [3.63, 3.8) is 0 Å². The summed E-state index contributed by atoms with van der Waals surface area (Å²) in [5.74, 6) is -0.779. The van der Waals surface area contributed by atoms with Gasteiger partial charge in [-0.1, -0.05) is 12.8 Å². The molecule has 1 amide bonds. The summed E-state index contributed by atoms with van der Waals surface area (Å²) in [4.78, 5) is 27.0. The standard InChI is InChI=1S/C14H24N2O3.ClH/c1-10(14(18)19)15(2)9-13(17)16(12-7-8-12)11-5-3-4-6-11;/h10-12H,3-9H2,1-2H3,(H,18,19);1H. The number of carbonyl (C=O) groups is 2. The Bertz CT molecular complexity index is 354. The van der Waals surface area contributed by atoms with E-state index in [1.807, 2.05) is 0 Å². The molecule has 0 aliphatic heterocycles. The minimum absolute atomic E-state index is 0.